The molecule has 16 heavy (non-hydrogen) atoms. The van der Waals surface area contributed by atoms with E-state index >= 15 is 0 Å². The Balaban J connectivity index is 2.96. The van der Waals surface area contributed by atoms with E-state index in [-0.39, 0.29) is 24.3 Å². The van der Waals surface area contributed by atoms with Crippen molar-refractivity contribution in [3.63, 3.8) is 0 Å². The average molecular weight is 289 g/mol. The first-order valence-corrected chi connectivity index (χ1v) is 5.28. The number of nitro groups is 1. The molecule has 86 valence electrons. The van der Waals surface area contributed by atoms with Gasteiger partial charge in [0.15, 0.2) is 0 Å². The lowest BCUT2D eigenvalue weighted by Gasteiger charge is -2.03. The molecule has 0 amide bonds. The molecule has 7 heteroatoms. The van der Waals surface area contributed by atoms with Crippen LogP contribution in [0.25, 0.3) is 0 Å². The molecule has 0 aliphatic heterocycles. The normalized spacial score (nSPS) is 9.88. The van der Waals surface area contributed by atoms with Gasteiger partial charge in [-0.2, -0.15) is 0 Å². The van der Waals surface area contributed by atoms with Crippen LogP contribution in [0.4, 0.5) is 5.69 Å². The molecule has 1 aromatic rings. The third-order valence-electron chi connectivity index (χ3n) is 1.77. The third-order valence-corrected chi connectivity index (χ3v) is 2.20. The molecule has 0 radical (unpaired) electrons. The van der Waals surface area contributed by atoms with Gasteiger partial charge in [0, 0.05) is 5.56 Å². The van der Waals surface area contributed by atoms with Crippen molar-refractivity contribution in [2.45, 2.75) is 13.3 Å². The van der Waals surface area contributed by atoms with Gasteiger partial charge in [0.05, 0.1) is 18.0 Å². The van der Waals surface area contributed by atoms with Crippen molar-refractivity contribution >= 4 is 27.6 Å². The number of carbonyl (C=O) groups is 1. The predicted molar refractivity (Wildman–Crippen MR) is 58.9 cm³/mol. The number of rotatable bonds is 4. The van der Waals surface area contributed by atoms with Crippen molar-refractivity contribution in [2.75, 3.05) is 6.61 Å². The summed E-state index contributed by atoms with van der Waals surface area (Å²) >= 11 is 3.09. The summed E-state index contributed by atoms with van der Waals surface area (Å²) in [5, 5.41) is 10.7. The number of pyridine rings is 1. The molecule has 0 saturated carbocycles. The molecule has 1 heterocycles. The first kappa shape index (κ1) is 12.6. The van der Waals surface area contributed by atoms with Crippen molar-refractivity contribution in [1.29, 1.82) is 0 Å². The Morgan fingerprint density at radius 3 is 2.94 bits per heavy atom. The van der Waals surface area contributed by atoms with E-state index in [4.69, 9.17) is 4.74 Å². The van der Waals surface area contributed by atoms with Crippen LogP contribution in [-0.2, 0) is 16.0 Å². The molecule has 0 fully saturated rings. The predicted octanol–water partition coefficient (Wildman–Crippen LogP) is 1.86. The second kappa shape index (κ2) is 5.55. The maximum absolute atomic E-state index is 11.2. The lowest BCUT2D eigenvalue weighted by molar-refractivity contribution is -0.385. The Labute approximate surface area is 99.9 Å². The molecular formula is C9H9BrN2O4. The first-order valence-electron chi connectivity index (χ1n) is 4.49. The van der Waals surface area contributed by atoms with Crippen molar-refractivity contribution in [3.05, 3.63) is 32.5 Å². The van der Waals surface area contributed by atoms with Gasteiger partial charge in [-0.05, 0) is 28.9 Å². The number of halogens is 1. The van der Waals surface area contributed by atoms with Crippen LogP contribution in [-0.4, -0.2) is 22.5 Å². The number of aromatic nitrogens is 1. The van der Waals surface area contributed by atoms with Gasteiger partial charge in [-0.3, -0.25) is 14.9 Å². The molecule has 1 aromatic heterocycles. The van der Waals surface area contributed by atoms with Crippen LogP contribution in [0.1, 0.15) is 12.5 Å². The zero-order valence-electron chi connectivity index (χ0n) is 8.47. The summed E-state index contributed by atoms with van der Waals surface area (Å²) in [6.07, 6.45) is 0.976. The molecule has 1 rings (SSSR count). The largest absolute Gasteiger partial charge is 0.466 e. The van der Waals surface area contributed by atoms with Gasteiger partial charge in [-0.15, -0.1) is 0 Å². The van der Waals surface area contributed by atoms with Gasteiger partial charge in [0.25, 0.3) is 5.69 Å². The minimum absolute atomic E-state index is 0.134. The van der Waals surface area contributed by atoms with E-state index in [0.29, 0.717) is 4.60 Å². The Kier molecular flexibility index (Phi) is 4.36. The van der Waals surface area contributed by atoms with E-state index in [1.54, 1.807) is 6.92 Å². The lowest BCUT2D eigenvalue weighted by Crippen LogP contribution is -2.09. The maximum Gasteiger partial charge on any atom is 0.310 e. The SMILES string of the molecule is CCOC(=O)Cc1cc(Br)ncc1[N+](=O)[O-]. The van der Waals surface area contributed by atoms with E-state index in [1.807, 2.05) is 0 Å². The highest BCUT2D eigenvalue weighted by molar-refractivity contribution is 9.10. The number of nitrogens with zero attached hydrogens (tertiary/aromatic N) is 2. The van der Waals surface area contributed by atoms with Crippen LogP contribution < -0.4 is 0 Å². The molecule has 0 aromatic carbocycles. The van der Waals surface area contributed by atoms with Crippen molar-refractivity contribution in [2.24, 2.45) is 0 Å². The molecule has 0 spiro atoms. The highest BCUT2D eigenvalue weighted by atomic mass is 79.9. The molecule has 0 N–H and O–H groups in total. The second-order valence-corrected chi connectivity index (χ2v) is 3.69. The second-order valence-electron chi connectivity index (χ2n) is 2.87. The number of ether oxygens (including phenoxy) is 1. The summed E-state index contributed by atoms with van der Waals surface area (Å²) in [7, 11) is 0. The smallest absolute Gasteiger partial charge is 0.310 e. The molecule has 6 nitrogen and oxygen atoms in total. The fraction of sp³-hybridized carbons (Fsp3) is 0.333. The van der Waals surface area contributed by atoms with Crippen LogP contribution in [0.2, 0.25) is 0 Å². The summed E-state index contributed by atoms with van der Waals surface area (Å²) in [5.41, 5.74) is 0.0987. The minimum Gasteiger partial charge on any atom is -0.466 e. The molecule has 0 unspecified atom stereocenters. The van der Waals surface area contributed by atoms with Gasteiger partial charge in [0.1, 0.15) is 10.8 Å². The summed E-state index contributed by atoms with van der Waals surface area (Å²) < 4.78 is 5.17. The van der Waals surface area contributed by atoms with E-state index in [0.717, 1.165) is 6.20 Å². The molecule has 0 aliphatic rings. The van der Waals surface area contributed by atoms with Gasteiger partial charge in [-0.1, -0.05) is 0 Å². The van der Waals surface area contributed by atoms with Gasteiger partial charge in [0.2, 0.25) is 0 Å². The van der Waals surface area contributed by atoms with E-state index in [1.165, 1.54) is 6.07 Å². The van der Waals surface area contributed by atoms with Crippen LogP contribution in [0.5, 0.6) is 0 Å². The maximum atomic E-state index is 11.2. The minimum atomic E-state index is -0.575. The average Bonchev–Trinajstić information content (AvgIpc) is 2.17. The van der Waals surface area contributed by atoms with Crippen LogP contribution in [0.3, 0.4) is 0 Å². The summed E-state index contributed by atoms with van der Waals surface area (Å²) in [6, 6.07) is 1.44. The Morgan fingerprint density at radius 2 is 2.38 bits per heavy atom. The van der Waals surface area contributed by atoms with Gasteiger partial charge in [-0.25, -0.2) is 4.98 Å². The summed E-state index contributed by atoms with van der Waals surface area (Å²) in [5.74, 6) is -0.497. The molecule has 0 aliphatic carbocycles. The van der Waals surface area contributed by atoms with Crippen molar-refractivity contribution in [1.82, 2.24) is 4.98 Å². The Morgan fingerprint density at radius 1 is 1.69 bits per heavy atom. The number of hydrogen-bond donors (Lipinski definition) is 0. The van der Waals surface area contributed by atoms with E-state index in [2.05, 4.69) is 20.9 Å². The zero-order chi connectivity index (χ0) is 12.1. The molecular weight excluding hydrogens is 280 g/mol. The van der Waals surface area contributed by atoms with Crippen LogP contribution in [0, 0.1) is 10.1 Å². The molecule has 0 saturated heterocycles. The zero-order valence-corrected chi connectivity index (χ0v) is 10.1. The monoisotopic (exact) mass is 288 g/mol. The Bertz CT molecular complexity index is 422. The molecule has 0 bridgehead atoms. The highest BCUT2D eigenvalue weighted by Crippen LogP contribution is 2.21. The summed E-state index contributed by atoms with van der Waals surface area (Å²) in [6.45, 7) is 1.92. The van der Waals surface area contributed by atoms with Crippen LogP contribution in [0.15, 0.2) is 16.9 Å². The molecule has 0 atom stereocenters. The number of esters is 1. The fourth-order valence-electron chi connectivity index (χ4n) is 1.13. The van der Waals surface area contributed by atoms with Gasteiger partial charge >= 0.3 is 5.97 Å². The van der Waals surface area contributed by atoms with Crippen molar-refractivity contribution < 1.29 is 14.5 Å². The van der Waals surface area contributed by atoms with Crippen molar-refractivity contribution in [3.8, 4) is 0 Å². The van der Waals surface area contributed by atoms with E-state index in [9.17, 15) is 14.9 Å². The highest BCUT2D eigenvalue weighted by Gasteiger charge is 2.18. The number of hydrogen-bond acceptors (Lipinski definition) is 5. The standard InChI is InChI=1S/C9H9BrN2O4/c1-2-16-9(13)4-6-3-8(10)11-5-7(6)12(14)15/h3,5H,2,4H2,1H3. The quantitative estimate of drug-likeness (QED) is 0.365. The summed E-state index contributed by atoms with van der Waals surface area (Å²) in [4.78, 5) is 25.1. The Hall–Kier alpha value is -1.50. The lowest BCUT2D eigenvalue weighted by atomic mass is 10.1. The topological polar surface area (TPSA) is 82.3 Å². The first-order chi connectivity index (χ1) is 7.54. The van der Waals surface area contributed by atoms with Crippen LogP contribution >= 0.6 is 15.9 Å². The van der Waals surface area contributed by atoms with E-state index < -0.39 is 10.9 Å². The fourth-order valence-corrected chi connectivity index (χ4v) is 1.51. The third kappa shape index (κ3) is 3.27. The number of carbonyl (C=O) groups excluding carboxylic acids is 1. The van der Waals surface area contributed by atoms with Gasteiger partial charge < -0.3 is 4.74 Å².